The van der Waals surface area contributed by atoms with E-state index in [9.17, 15) is 14.0 Å². The van der Waals surface area contributed by atoms with Crippen molar-refractivity contribution in [3.05, 3.63) is 54.1 Å². The average Bonchev–Trinajstić information content (AvgIpc) is 2.66. The normalized spacial score (nSPS) is 16.7. The summed E-state index contributed by atoms with van der Waals surface area (Å²) >= 11 is 0. The van der Waals surface area contributed by atoms with Gasteiger partial charge < -0.3 is 20.3 Å². The lowest BCUT2D eigenvalue weighted by molar-refractivity contribution is -0.118. The summed E-state index contributed by atoms with van der Waals surface area (Å²) in [7, 11) is 0. The van der Waals surface area contributed by atoms with Crippen LogP contribution in [0.4, 0.5) is 20.6 Å². The minimum Gasteiger partial charge on any atom is -0.377 e. The molecule has 1 aliphatic heterocycles. The number of carbonyl (C=O) groups excluding carboxylic acids is 2. The third-order valence-corrected chi connectivity index (χ3v) is 4.20. The first kappa shape index (κ1) is 18.8. The van der Waals surface area contributed by atoms with E-state index in [-0.39, 0.29) is 30.8 Å². The number of aromatic nitrogens is 1. The Balaban J connectivity index is 1.60. The van der Waals surface area contributed by atoms with Crippen LogP contribution in [0.2, 0.25) is 0 Å². The van der Waals surface area contributed by atoms with Crippen LogP contribution in [-0.2, 0) is 9.53 Å². The van der Waals surface area contributed by atoms with E-state index in [1.54, 1.807) is 17.2 Å². The molecule has 1 aliphatic rings. The van der Waals surface area contributed by atoms with Crippen LogP contribution in [0.1, 0.15) is 12.1 Å². The number of halogens is 1. The number of hydrogen-bond acceptors (Lipinski definition) is 4. The van der Waals surface area contributed by atoms with Gasteiger partial charge in [0.2, 0.25) is 5.91 Å². The number of pyridine rings is 1. The van der Waals surface area contributed by atoms with Crippen LogP contribution in [0.5, 0.6) is 0 Å². The topological polar surface area (TPSA) is 83.6 Å². The molecular formula is C19H21FN4O3. The lowest BCUT2D eigenvalue weighted by atomic mass is 10.1. The van der Waals surface area contributed by atoms with E-state index in [0.717, 1.165) is 5.69 Å². The van der Waals surface area contributed by atoms with Gasteiger partial charge in [-0.25, -0.2) is 9.18 Å². The highest BCUT2D eigenvalue weighted by molar-refractivity contribution is 5.93. The fourth-order valence-electron chi connectivity index (χ4n) is 2.79. The minimum atomic E-state index is -0.391. The maximum Gasteiger partial charge on any atom is 0.322 e. The molecule has 2 heterocycles. The maximum atomic E-state index is 13.0. The number of urea groups is 1. The van der Waals surface area contributed by atoms with Crippen LogP contribution in [0.3, 0.4) is 0 Å². The lowest BCUT2D eigenvalue weighted by Crippen LogP contribution is -2.51. The number of nitrogens with zero attached hydrogens (tertiary/aromatic N) is 2. The van der Waals surface area contributed by atoms with Crippen LogP contribution < -0.4 is 10.6 Å². The zero-order valence-electron chi connectivity index (χ0n) is 14.9. The Bertz CT molecular complexity index is 796. The number of hydrogen-bond donors (Lipinski definition) is 2. The highest BCUT2D eigenvalue weighted by Crippen LogP contribution is 2.16. The molecular weight excluding hydrogens is 351 g/mol. The second kappa shape index (κ2) is 8.59. The molecule has 3 amide bonds. The Morgan fingerprint density at radius 2 is 1.93 bits per heavy atom. The Hall–Kier alpha value is -3.00. The van der Waals surface area contributed by atoms with Gasteiger partial charge in [0, 0.05) is 24.3 Å². The second-order valence-corrected chi connectivity index (χ2v) is 6.30. The van der Waals surface area contributed by atoms with Crippen LogP contribution in [0, 0.1) is 12.7 Å². The van der Waals surface area contributed by atoms with Crippen molar-refractivity contribution in [2.45, 2.75) is 19.4 Å². The largest absolute Gasteiger partial charge is 0.377 e. The highest BCUT2D eigenvalue weighted by Gasteiger charge is 2.29. The summed E-state index contributed by atoms with van der Waals surface area (Å²) in [6.07, 6.45) is 1.69. The molecule has 27 heavy (non-hydrogen) atoms. The number of nitrogens with one attached hydrogen (secondary N) is 2. The van der Waals surface area contributed by atoms with Crippen molar-refractivity contribution in [3.63, 3.8) is 0 Å². The first-order valence-electron chi connectivity index (χ1n) is 8.65. The first-order valence-corrected chi connectivity index (χ1v) is 8.65. The summed E-state index contributed by atoms with van der Waals surface area (Å²) in [5.41, 5.74) is 1.95. The summed E-state index contributed by atoms with van der Waals surface area (Å²) in [5.74, 6) is -0.602. The predicted octanol–water partition coefficient (Wildman–Crippen LogP) is 2.79. The van der Waals surface area contributed by atoms with Gasteiger partial charge in [-0.05, 0) is 43.3 Å². The van der Waals surface area contributed by atoms with Gasteiger partial charge in [-0.15, -0.1) is 0 Å². The summed E-state index contributed by atoms with van der Waals surface area (Å²) in [6.45, 7) is 2.91. The molecule has 1 aromatic carbocycles. The molecule has 0 saturated carbocycles. The van der Waals surface area contributed by atoms with Crippen LogP contribution in [-0.4, -0.2) is 47.6 Å². The summed E-state index contributed by atoms with van der Waals surface area (Å²) in [4.78, 5) is 30.6. The Kier molecular flexibility index (Phi) is 5.97. The van der Waals surface area contributed by atoms with E-state index in [0.29, 0.717) is 24.5 Å². The fourth-order valence-corrected chi connectivity index (χ4v) is 2.79. The third kappa shape index (κ3) is 5.24. The molecule has 3 rings (SSSR count). The molecule has 2 N–H and O–H groups in total. The molecule has 7 nitrogen and oxygen atoms in total. The number of carbonyl (C=O) groups is 2. The van der Waals surface area contributed by atoms with Crippen molar-refractivity contribution >= 4 is 23.3 Å². The molecule has 0 radical (unpaired) electrons. The van der Waals surface area contributed by atoms with Gasteiger partial charge in [0.25, 0.3) is 0 Å². The number of aryl methyl sites for hydroxylation is 1. The van der Waals surface area contributed by atoms with E-state index in [4.69, 9.17) is 4.74 Å². The Morgan fingerprint density at radius 3 is 2.63 bits per heavy atom. The molecule has 0 unspecified atom stereocenters. The van der Waals surface area contributed by atoms with Gasteiger partial charge in [0.1, 0.15) is 5.82 Å². The number of rotatable bonds is 4. The summed E-state index contributed by atoms with van der Waals surface area (Å²) < 4.78 is 18.4. The summed E-state index contributed by atoms with van der Waals surface area (Å²) in [5, 5.41) is 5.50. The predicted molar refractivity (Wildman–Crippen MR) is 99.0 cm³/mol. The lowest BCUT2D eigenvalue weighted by Gasteiger charge is -2.35. The zero-order chi connectivity index (χ0) is 19.2. The molecule has 1 saturated heterocycles. The molecule has 142 valence electrons. The minimum absolute atomic E-state index is 0.102. The quantitative estimate of drug-likeness (QED) is 0.864. The van der Waals surface area contributed by atoms with Crippen LogP contribution in [0.15, 0.2) is 42.6 Å². The van der Waals surface area contributed by atoms with Crippen molar-refractivity contribution in [2.75, 3.05) is 30.4 Å². The average molecular weight is 372 g/mol. The first-order chi connectivity index (χ1) is 13.0. The number of morpholine rings is 1. The standard InChI is InChI=1S/C19H21FN4O3/c1-13-2-5-16(11-21-13)22-18(25)10-17-12-27-9-8-24(17)19(26)23-15-6-3-14(20)4-7-15/h2-7,11,17H,8-10,12H2,1H3,(H,22,25)(H,23,26)/t17-/m0/s1. The number of amides is 3. The van der Waals surface area contributed by atoms with Crippen LogP contribution in [0.25, 0.3) is 0 Å². The molecule has 2 aromatic rings. The van der Waals surface area contributed by atoms with Gasteiger partial charge in [-0.1, -0.05) is 0 Å². The molecule has 0 aliphatic carbocycles. The van der Waals surface area contributed by atoms with Gasteiger partial charge >= 0.3 is 6.03 Å². The van der Waals surface area contributed by atoms with E-state index >= 15 is 0 Å². The number of ether oxygens (including phenoxy) is 1. The Labute approximate surface area is 156 Å². The van der Waals surface area contributed by atoms with E-state index in [2.05, 4.69) is 15.6 Å². The van der Waals surface area contributed by atoms with Gasteiger partial charge in [-0.3, -0.25) is 9.78 Å². The summed E-state index contributed by atoms with van der Waals surface area (Å²) in [6, 6.07) is 8.36. The maximum absolute atomic E-state index is 13.0. The zero-order valence-corrected chi connectivity index (χ0v) is 14.9. The number of anilines is 2. The Morgan fingerprint density at radius 1 is 1.19 bits per heavy atom. The molecule has 1 atom stereocenters. The smallest absolute Gasteiger partial charge is 0.322 e. The van der Waals surface area contributed by atoms with Crippen molar-refractivity contribution in [3.8, 4) is 0 Å². The molecule has 0 bridgehead atoms. The third-order valence-electron chi connectivity index (χ3n) is 4.20. The SMILES string of the molecule is Cc1ccc(NC(=O)C[C@H]2COCCN2C(=O)Nc2ccc(F)cc2)cn1. The monoisotopic (exact) mass is 372 g/mol. The van der Waals surface area contributed by atoms with Crippen molar-refractivity contribution < 1.29 is 18.7 Å². The van der Waals surface area contributed by atoms with Gasteiger partial charge in [0.15, 0.2) is 0 Å². The molecule has 8 heteroatoms. The van der Waals surface area contributed by atoms with Gasteiger partial charge in [-0.2, -0.15) is 0 Å². The van der Waals surface area contributed by atoms with Crippen molar-refractivity contribution in [1.29, 1.82) is 0 Å². The highest BCUT2D eigenvalue weighted by atomic mass is 19.1. The van der Waals surface area contributed by atoms with E-state index in [1.165, 1.54) is 24.3 Å². The molecule has 1 aromatic heterocycles. The van der Waals surface area contributed by atoms with Crippen LogP contribution >= 0.6 is 0 Å². The van der Waals surface area contributed by atoms with Crippen molar-refractivity contribution in [1.82, 2.24) is 9.88 Å². The van der Waals surface area contributed by atoms with E-state index < -0.39 is 6.04 Å². The molecule has 0 spiro atoms. The fraction of sp³-hybridized carbons (Fsp3) is 0.316. The van der Waals surface area contributed by atoms with E-state index in [1.807, 2.05) is 13.0 Å². The molecule has 1 fully saturated rings. The second-order valence-electron chi connectivity index (χ2n) is 6.30. The van der Waals surface area contributed by atoms with Crippen molar-refractivity contribution in [2.24, 2.45) is 0 Å². The van der Waals surface area contributed by atoms with Gasteiger partial charge in [0.05, 0.1) is 31.1 Å². The number of benzene rings is 1.